The molecular weight excluding hydrogens is 238 g/mol. The van der Waals surface area contributed by atoms with E-state index in [0.717, 1.165) is 0 Å². The highest BCUT2D eigenvalue weighted by Crippen LogP contribution is 2.07. The summed E-state index contributed by atoms with van der Waals surface area (Å²) in [5.74, 6) is 0. The second kappa shape index (κ2) is 8.31. The van der Waals surface area contributed by atoms with Gasteiger partial charge in [0, 0.05) is 18.4 Å². The van der Waals surface area contributed by atoms with E-state index in [9.17, 15) is 8.42 Å². The van der Waals surface area contributed by atoms with Crippen LogP contribution < -0.4 is 0 Å². The van der Waals surface area contributed by atoms with Gasteiger partial charge in [-0.1, -0.05) is 20.3 Å². The van der Waals surface area contributed by atoms with Crippen LogP contribution in [0.25, 0.3) is 0 Å². The fraction of sp³-hybridized carbons (Fsp3) is 0.667. The third-order valence-electron chi connectivity index (χ3n) is 2.17. The summed E-state index contributed by atoms with van der Waals surface area (Å²) in [4.78, 5) is 0. The third-order valence-corrected chi connectivity index (χ3v) is 2.17. The minimum absolute atomic E-state index is 0.715. The summed E-state index contributed by atoms with van der Waals surface area (Å²) in [7, 11) is -3.67. The molecule has 0 spiro atoms. The quantitative estimate of drug-likeness (QED) is 0.829. The monoisotopic (exact) mass is 261 g/mol. The van der Waals surface area contributed by atoms with Gasteiger partial charge in [-0.15, -0.1) is 0 Å². The third kappa shape index (κ3) is 10.1. The molecule has 17 heavy (non-hydrogen) atoms. The van der Waals surface area contributed by atoms with Crippen LogP contribution >= 0.6 is 0 Å². The van der Waals surface area contributed by atoms with E-state index in [4.69, 9.17) is 4.55 Å². The molecule has 0 unspecified atom stereocenters. The van der Waals surface area contributed by atoms with Gasteiger partial charge in [0.05, 0.1) is 6.26 Å². The van der Waals surface area contributed by atoms with Crippen LogP contribution in [-0.4, -0.2) is 23.8 Å². The summed E-state index contributed by atoms with van der Waals surface area (Å²) in [5.41, 5.74) is 1.50. The molecule has 0 bridgehead atoms. The predicted molar refractivity (Wildman–Crippen MR) is 70.8 cm³/mol. The SMILES string of the molecule is CCCCc1cccn1CCC.CS(=O)(=O)O. The predicted octanol–water partition coefficient (Wildman–Crippen LogP) is 2.74. The van der Waals surface area contributed by atoms with E-state index in [1.807, 2.05) is 0 Å². The minimum Gasteiger partial charge on any atom is -0.351 e. The number of hydrogen-bond donors (Lipinski definition) is 1. The van der Waals surface area contributed by atoms with Crippen LogP contribution in [0.2, 0.25) is 0 Å². The summed E-state index contributed by atoms with van der Waals surface area (Å²) < 4.78 is 28.2. The number of aryl methyl sites for hydroxylation is 2. The lowest BCUT2D eigenvalue weighted by atomic mass is 10.2. The van der Waals surface area contributed by atoms with E-state index < -0.39 is 10.1 Å². The van der Waals surface area contributed by atoms with Crippen molar-refractivity contribution in [1.82, 2.24) is 4.57 Å². The molecule has 1 N–H and O–H groups in total. The first-order chi connectivity index (χ1) is 7.88. The van der Waals surface area contributed by atoms with Gasteiger partial charge in [0.15, 0.2) is 0 Å². The Hall–Kier alpha value is -0.810. The van der Waals surface area contributed by atoms with Crippen LogP contribution in [0.3, 0.4) is 0 Å². The lowest BCUT2D eigenvalue weighted by Crippen LogP contribution is -2.00. The average molecular weight is 261 g/mol. The van der Waals surface area contributed by atoms with E-state index in [-0.39, 0.29) is 0 Å². The van der Waals surface area contributed by atoms with Gasteiger partial charge in [-0.2, -0.15) is 8.42 Å². The number of rotatable bonds is 5. The molecule has 0 saturated carbocycles. The lowest BCUT2D eigenvalue weighted by Gasteiger charge is -2.06. The zero-order chi connectivity index (χ0) is 13.3. The summed E-state index contributed by atoms with van der Waals surface area (Å²) in [5, 5.41) is 0. The van der Waals surface area contributed by atoms with Crippen LogP contribution in [-0.2, 0) is 23.1 Å². The van der Waals surface area contributed by atoms with E-state index in [2.05, 4.69) is 36.7 Å². The van der Waals surface area contributed by atoms with E-state index in [1.165, 1.54) is 37.9 Å². The highest BCUT2D eigenvalue weighted by molar-refractivity contribution is 7.85. The van der Waals surface area contributed by atoms with Crippen LogP contribution in [0.1, 0.15) is 38.8 Å². The molecule has 0 aliphatic rings. The van der Waals surface area contributed by atoms with Crippen molar-refractivity contribution in [2.45, 2.75) is 46.1 Å². The van der Waals surface area contributed by atoms with Gasteiger partial charge in [0.1, 0.15) is 0 Å². The van der Waals surface area contributed by atoms with Gasteiger partial charge < -0.3 is 4.57 Å². The Bertz CT molecular complexity index is 388. The Morgan fingerprint density at radius 2 is 1.88 bits per heavy atom. The second-order valence-electron chi connectivity index (χ2n) is 4.03. The molecule has 0 saturated heterocycles. The van der Waals surface area contributed by atoms with Gasteiger partial charge in [0.25, 0.3) is 10.1 Å². The van der Waals surface area contributed by atoms with Crippen LogP contribution in [0.4, 0.5) is 0 Å². The van der Waals surface area contributed by atoms with Crippen molar-refractivity contribution in [2.24, 2.45) is 0 Å². The highest BCUT2D eigenvalue weighted by Gasteiger charge is 1.97. The smallest absolute Gasteiger partial charge is 0.261 e. The summed E-state index contributed by atoms with van der Waals surface area (Å²) in [6.45, 7) is 5.64. The van der Waals surface area contributed by atoms with Gasteiger partial charge in [-0.25, -0.2) is 0 Å². The van der Waals surface area contributed by atoms with E-state index >= 15 is 0 Å². The Morgan fingerprint density at radius 1 is 1.29 bits per heavy atom. The fourth-order valence-corrected chi connectivity index (χ4v) is 1.49. The van der Waals surface area contributed by atoms with Crippen molar-refractivity contribution in [2.75, 3.05) is 6.26 Å². The Morgan fingerprint density at radius 3 is 2.35 bits per heavy atom. The highest BCUT2D eigenvalue weighted by atomic mass is 32.2. The number of aromatic nitrogens is 1. The van der Waals surface area contributed by atoms with Crippen molar-refractivity contribution in [3.8, 4) is 0 Å². The number of nitrogens with zero attached hydrogens (tertiary/aromatic N) is 1. The molecular formula is C12H23NO3S. The van der Waals surface area contributed by atoms with Gasteiger partial charge in [0.2, 0.25) is 0 Å². The summed E-state index contributed by atoms with van der Waals surface area (Å²) in [6.07, 6.45) is 7.98. The zero-order valence-corrected chi connectivity index (χ0v) is 11.7. The first-order valence-corrected chi connectivity index (χ1v) is 7.79. The minimum atomic E-state index is -3.67. The lowest BCUT2D eigenvalue weighted by molar-refractivity contribution is 0.490. The van der Waals surface area contributed by atoms with Crippen molar-refractivity contribution in [3.05, 3.63) is 24.0 Å². The van der Waals surface area contributed by atoms with E-state index in [0.29, 0.717) is 6.26 Å². The molecule has 0 amide bonds. The van der Waals surface area contributed by atoms with Gasteiger partial charge >= 0.3 is 0 Å². The molecule has 0 atom stereocenters. The van der Waals surface area contributed by atoms with Crippen LogP contribution in [0.5, 0.6) is 0 Å². The van der Waals surface area contributed by atoms with Crippen molar-refractivity contribution in [1.29, 1.82) is 0 Å². The largest absolute Gasteiger partial charge is 0.351 e. The maximum atomic E-state index is 9.19. The maximum Gasteiger partial charge on any atom is 0.261 e. The molecule has 0 aliphatic carbocycles. The molecule has 0 radical (unpaired) electrons. The van der Waals surface area contributed by atoms with Crippen molar-refractivity contribution < 1.29 is 13.0 Å². The number of unbranched alkanes of at least 4 members (excludes halogenated alkanes) is 1. The standard InChI is InChI=1S/C11H19N.CH4O3S/c1-3-5-7-11-8-6-10-12(11)9-4-2;1-5(2,3)4/h6,8,10H,3-5,7,9H2,1-2H3;1H3,(H,2,3,4). The first-order valence-electron chi connectivity index (χ1n) is 5.95. The van der Waals surface area contributed by atoms with E-state index in [1.54, 1.807) is 0 Å². The van der Waals surface area contributed by atoms with Gasteiger partial charge in [-0.3, -0.25) is 4.55 Å². The zero-order valence-electron chi connectivity index (χ0n) is 10.9. The summed E-state index contributed by atoms with van der Waals surface area (Å²) >= 11 is 0. The normalized spacial score (nSPS) is 10.8. The average Bonchev–Trinajstić information content (AvgIpc) is 2.60. The Kier molecular flexibility index (Phi) is 7.91. The van der Waals surface area contributed by atoms with Gasteiger partial charge in [-0.05, 0) is 31.4 Å². The maximum absolute atomic E-state index is 9.19. The van der Waals surface area contributed by atoms with Crippen LogP contribution in [0.15, 0.2) is 18.3 Å². The number of hydrogen-bond acceptors (Lipinski definition) is 2. The first kappa shape index (κ1) is 16.2. The molecule has 1 aromatic rings. The molecule has 0 aliphatic heterocycles. The molecule has 0 aromatic carbocycles. The molecule has 5 heteroatoms. The molecule has 4 nitrogen and oxygen atoms in total. The molecule has 100 valence electrons. The molecule has 0 fully saturated rings. The Labute approximate surface area is 104 Å². The van der Waals surface area contributed by atoms with Crippen molar-refractivity contribution in [3.63, 3.8) is 0 Å². The van der Waals surface area contributed by atoms with Crippen molar-refractivity contribution >= 4 is 10.1 Å². The topological polar surface area (TPSA) is 59.3 Å². The Balaban J connectivity index is 0.000000437. The van der Waals surface area contributed by atoms with Crippen LogP contribution in [0, 0.1) is 0 Å². The molecule has 1 heterocycles. The fourth-order valence-electron chi connectivity index (χ4n) is 1.49. The second-order valence-corrected chi connectivity index (χ2v) is 5.50. The molecule has 1 rings (SSSR count). The summed E-state index contributed by atoms with van der Waals surface area (Å²) in [6, 6.07) is 4.39. The molecule has 1 aromatic heterocycles.